The van der Waals surface area contributed by atoms with Crippen LogP contribution in [0.3, 0.4) is 0 Å². The maximum absolute atomic E-state index is 13.7. The van der Waals surface area contributed by atoms with Crippen molar-refractivity contribution in [3.63, 3.8) is 0 Å². The number of hydrogen-bond donors (Lipinski definition) is 2. The van der Waals surface area contributed by atoms with Gasteiger partial charge >= 0.3 is 0 Å². The number of carbonyl (C=O) groups is 4. The molecule has 3 amide bonds. The molecule has 0 spiro atoms. The molecular formula is C33H35N7O5S. The Balaban J connectivity index is 1.28. The number of aromatic nitrogens is 2. The molecule has 0 aromatic carbocycles. The molecule has 12 nitrogen and oxygen atoms in total. The van der Waals surface area contributed by atoms with E-state index in [-0.39, 0.29) is 45.8 Å². The lowest BCUT2D eigenvalue weighted by molar-refractivity contribution is -0.114. The van der Waals surface area contributed by atoms with Crippen LogP contribution in [0, 0.1) is 5.41 Å². The van der Waals surface area contributed by atoms with Crippen LogP contribution in [-0.2, 0) is 28.8 Å². The molecule has 0 bridgehead atoms. The fourth-order valence-corrected chi connectivity index (χ4v) is 7.73. The van der Waals surface area contributed by atoms with Crippen molar-refractivity contribution in [1.29, 1.82) is 0 Å². The van der Waals surface area contributed by atoms with E-state index in [9.17, 15) is 19.2 Å². The minimum atomic E-state index is -0.534. The summed E-state index contributed by atoms with van der Waals surface area (Å²) >= 11 is 1.55. The van der Waals surface area contributed by atoms with Crippen molar-refractivity contribution in [3.8, 4) is 0 Å². The topological polar surface area (TPSA) is 160 Å². The molecule has 2 aliphatic heterocycles. The smallest absolute Gasteiger partial charge is 0.269 e. The number of carbonyl (C=O) groups excluding carboxylic acids is 4. The molecule has 1 fully saturated rings. The predicted octanol–water partition coefficient (Wildman–Crippen LogP) is 2.97. The van der Waals surface area contributed by atoms with E-state index in [2.05, 4.69) is 34.1 Å². The number of anilines is 1. The van der Waals surface area contributed by atoms with Gasteiger partial charge in [-0.2, -0.15) is 0 Å². The summed E-state index contributed by atoms with van der Waals surface area (Å²) < 4.78 is 5.31. The number of rotatable bonds is 7. The Morgan fingerprint density at radius 2 is 1.89 bits per heavy atom. The van der Waals surface area contributed by atoms with Gasteiger partial charge < -0.3 is 20.7 Å². The van der Waals surface area contributed by atoms with Crippen LogP contribution in [0.4, 0.5) is 11.6 Å². The number of nitrogens with zero attached hydrogens (tertiary/aromatic N) is 5. The molecule has 46 heavy (non-hydrogen) atoms. The maximum Gasteiger partial charge on any atom is 0.269 e. The van der Waals surface area contributed by atoms with E-state index in [1.165, 1.54) is 40.9 Å². The standard InChI is InChI=1S/C33H35N7O5S/c1-33(2)15-22-21-7-9-40(32(44)28(21)46-26(22)16-33)29-23(18-41)20(6-8-36-29)24(34)14-25(30(42)35-3)38-27-5-4-19(17-37-27)31(43)39-10-12-45-13-11-39/h4-6,8,14,17-18H,7,9-13,15-16,34H2,1-3H3,(H,35,42). The number of aldehydes is 1. The SMILES string of the molecule is CNC(=O)C(C=C(N)c1ccnc(N2CCc3c(sc4c3CC(C)(C)C4)C2=O)c1C=O)=Nc1ccc(C(=O)N2CCOCC2)cn1. The Bertz CT molecular complexity index is 1790. The summed E-state index contributed by atoms with van der Waals surface area (Å²) in [6.45, 7) is 6.86. The van der Waals surface area contributed by atoms with Crippen LogP contribution in [0.2, 0.25) is 0 Å². The average Bonchev–Trinajstić information content (AvgIpc) is 3.56. The maximum atomic E-state index is 13.7. The second-order valence-electron chi connectivity index (χ2n) is 12.2. The summed E-state index contributed by atoms with van der Waals surface area (Å²) in [5.41, 5.74) is 9.95. The summed E-state index contributed by atoms with van der Waals surface area (Å²) in [5, 5.41) is 2.54. The van der Waals surface area contributed by atoms with Gasteiger partial charge in [0, 0.05) is 55.2 Å². The molecule has 3 N–H and O–H groups in total. The Labute approximate surface area is 270 Å². The number of nitrogens with one attached hydrogen (secondary N) is 1. The van der Waals surface area contributed by atoms with Gasteiger partial charge in [0.1, 0.15) is 11.5 Å². The van der Waals surface area contributed by atoms with Gasteiger partial charge in [0.2, 0.25) is 0 Å². The molecule has 0 unspecified atom stereocenters. The van der Waals surface area contributed by atoms with Crippen LogP contribution < -0.4 is 16.0 Å². The van der Waals surface area contributed by atoms with E-state index in [1.54, 1.807) is 34.4 Å². The molecular weight excluding hydrogens is 606 g/mol. The summed E-state index contributed by atoms with van der Waals surface area (Å²) in [6, 6.07) is 4.70. The van der Waals surface area contributed by atoms with E-state index in [1.807, 2.05) is 0 Å². The molecule has 5 heterocycles. The number of pyridine rings is 2. The van der Waals surface area contributed by atoms with Crippen molar-refractivity contribution in [2.24, 2.45) is 16.1 Å². The van der Waals surface area contributed by atoms with Crippen molar-refractivity contribution in [1.82, 2.24) is 20.2 Å². The van der Waals surface area contributed by atoms with Crippen molar-refractivity contribution in [2.45, 2.75) is 33.1 Å². The van der Waals surface area contributed by atoms with Crippen molar-refractivity contribution < 1.29 is 23.9 Å². The molecule has 0 atom stereocenters. The first kappa shape index (κ1) is 31.2. The van der Waals surface area contributed by atoms with Crippen LogP contribution in [0.1, 0.15) is 65.8 Å². The number of ether oxygens (including phenoxy) is 1. The van der Waals surface area contributed by atoms with Gasteiger partial charge in [0.15, 0.2) is 12.1 Å². The highest BCUT2D eigenvalue weighted by Crippen LogP contribution is 2.45. The Kier molecular flexibility index (Phi) is 8.53. The fraction of sp³-hybridized carbons (Fsp3) is 0.364. The lowest BCUT2D eigenvalue weighted by atomic mass is 9.89. The molecule has 3 aliphatic rings. The van der Waals surface area contributed by atoms with Gasteiger partial charge in [-0.15, -0.1) is 11.3 Å². The second kappa shape index (κ2) is 12.6. The monoisotopic (exact) mass is 641 g/mol. The number of nitrogens with two attached hydrogens (primary N) is 1. The summed E-state index contributed by atoms with van der Waals surface area (Å²) in [7, 11) is 1.46. The lowest BCUT2D eigenvalue weighted by Gasteiger charge is -2.28. The van der Waals surface area contributed by atoms with Gasteiger partial charge in [-0.25, -0.2) is 15.0 Å². The van der Waals surface area contributed by atoms with E-state index in [0.717, 1.165) is 18.4 Å². The number of amides is 3. The van der Waals surface area contributed by atoms with E-state index >= 15 is 0 Å². The normalized spacial score (nSPS) is 17.8. The van der Waals surface area contributed by atoms with Gasteiger partial charge in [0.25, 0.3) is 17.7 Å². The predicted molar refractivity (Wildman–Crippen MR) is 175 cm³/mol. The van der Waals surface area contributed by atoms with Crippen LogP contribution in [0.15, 0.2) is 41.7 Å². The minimum absolute atomic E-state index is 0.0651. The van der Waals surface area contributed by atoms with Crippen molar-refractivity contribution in [3.05, 3.63) is 74.2 Å². The highest BCUT2D eigenvalue weighted by molar-refractivity contribution is 7.14. The van der Waals surface area contributed by atoms with E-state index in [4.69, 9.17) is 10.5 Å². The van der Waals surface area contributed by atoms with Gasteiger partial charge in [0.05, 0.1) is 29.2 Å². The van der Waals surface area contributed by atoms with Crippen LogP contribution in [-0.4, -0.2) is 84.5 Å². The molecule has 0 saturated carbocycles. The first-order valence-corrected chi connectivity index (χ1v) is 15.9. The van der Waals surface area contributed by atoms with Crippen molar-refractivity contribution in [2.75, 3.05) is 44.8 Å². The van der Waals surface area contributed by atoms with Crippen LogP contribution in [0.5, 0.6) is 0 Å². The third-order valence-electron chi connectivity index (χ3n) is 8.45. The molecule has 3 aromatic heterocycles. The zero-order chi connectivity index (χ0) is 32.6. The quantitative estimate of drug-likeness (QED) is 0.294. The number of fused-ring (bicyclic) bond motifs is 3. The highest BCUT2D eigenvalue weighted by Gasteiger charge is 2.39. The molecule has 6 rings (SSSR count). The first-order chi connectivity index (χ1) is 22.1. The van der Waals surface area contributed by atoms with E-state index < -0.39 is 5.91 Å². The summed E-state index contributed by atoms with van der Waals surface area (Å²) in [5.74, 6) is -0.467. The largest absolute Gasteiger partial charge is 0.398 e. The van der Waals surface area contributed by atoms with Gasteiger partial charge in [-0.05, 0) is 60.1 Å². The number of morpholine rings is 1. The molecule has 0 radical (unpaired) electrons. The van der Waals surface area contributed by atoms with Crippen LogP contribution in [0.25, 0.3) is 5.70 Å². The zero-order valence-corrected chi connectivity index (χ0v) is 26.8. The third-order valence-corrected chi connectivity index (χ3v) is 9.72. The van der Waals surface area contributed by atoms with Crippen LogP contribution >= 0.6 is 11.3 Å². The molecule has 1 aliphatic carbocycles. The Morgan fingerprint density at radius 3 is 2.59 bits per heavy atom. The second-order valence-corrected chi connectivity index (χ2v) is 13.3. The summed E-state index contributed by atoms with van der Waals surface area (Å²) in [6.07, 6.45) is 7.45. The lowest BCUT2D eigenvalue weighted by Crippen LogP contribution is -2.40. The molecule has 13 heteroatoms. The van der Waals surface area contributed by atoms with E-state index in [0.29, 0.717) is 61.6 Å². The van der Waals surface area contributed by atoms with Gasteiger partial charge in [-0.3, -0.25) is 24.1 Å². The number of aliphatic imine (C=N–C) groups is 1. The fourth-order valence-electron chi connectivity index (χ4n) is 6.16. The number of thiophene rings is 1. The highest BCUT2D eigenvalue weighted by atomic mass is 32.1. The zero-order valence-electron chi connectivity index (χ0n) is 26.0. The molecule has 1 saturated heterocycles. The Morgan fingerprint density at radius 1 is 1.11 bits per heavy atom. The molecule has 238 valence electrons. The van der Waals surface area contributed by atoms with Crippen molar-refractivity contribution >= 4 is 58.4 Å². The average molecular weight is 642 g/mol. The Hall–Kier alpha value is -4.75. The summed E-state index contributed by atoms with van der Waals surface area (Å²) in [4.78, 5) is 70.1. The number of hydrogen-bond acceptors (Lipinski definition) is 10. The first-order valence-electron chi connectivity index (χ1n) is 15.1. The molecule has 3 aromatic rings. The minimum Gasteiger partial charge on any atom is -0.398 e. The third kappa shape index (κ3) is 5.95. The van der Waals surface area contributed by atoms with Gasteiger partial charge in [-0.1, -0.05) is 13.8 Å².